The highest BCUT2D eigenvalue weighted by Crippen LogP contribution is 2.25. The summed E-state index contributed by atoms with van der Waals surface area (Å²) >= 11 is 11.9. The Morgan fingerprint density at radius 3 is 2.50 bits per heavy atom. The first-order chi connectivity index (χ1) is 11.4. The molecular weight excluding hydrogens is 347 g/mol. The smallest absolute Gasteiger partial charge is 0.257 e. The normalized spacial score (nSPS) is 10.7. The Morgan fingerprint density at radius 2 is 1.92 bits per heavy atom. The lowest BCUT2D eigenvalue weighted by Crippen LogP contribution is -2.13. The van der Waals surface area contributed by atoms with Crippen molar-refractivity contribution in [1.82, 2.24) is 14.8 Å². The van der Waals surface area contributed by atoms with Gasteiger partial charge in [-0.05, 0) is 50.2 Å². The second kappa shape index (κ2) is 6.63. The monoisotopic (exact) mass is 360 g/mol. The van der Waals surface area contributed by atoms with Crippen LogP contribution in [0.25, 0.3) is 5.82 Å². The van der Waals surface area contributed by atoms with Gasteiger partial charge in [-0.3, -0.25) is 4.79 Å². The third-order valence-corrected chi connectivity index (χ3v) is 3.96. The van der Waals surface area contributed by atoms with Crippen molar-refractivity contribution < 1.29 is 4.79 Å². The molecule has 0 saturated carbocycles. The molecule has 0 aliphatic rings. The Bertz CT molecular complexity index is 903. The maximum absolute atomic E-state index is 12.3. The molecule has 3 rings (SSSR count). The quantitative estimate of drug-likeness (QED) is 0.750. The standard InChI is InChI=1S/C17H14Cl2N4O/c1-10-7-11(2)23(22-10)16-6-3-12(9-20-16)17(24)21-15-5-4-13(18)8-14(15)19/h3-9H,1-2H3,(H,21,24). The van der Waals surface area contributed by atoms with Crippen LogP contribution in [0.4, 0.5) is 5.69 Å². The molecule has 3 aromatic rings. The van der Waals surface area contributed by atoms with Crippen LogP contribution in [0.5, 0.6) is 0 Å². The van der Waals surface area contributed by atoms with Crippen molar-refractivity contribution in [2.45, 2.75) is 13.8 Å². The number of amides is 1. The predicted molar refractivity (Wildman–Crippen MR) is 95.2 cm³/mol. The van der Waals surface area contributed by atoms with Gasteiger partial charge >= 0.3 is 0 Å². The first-order valence-electron chi connectivity index (χ1n) is 7.20. The number of carbonyl (C=O) groups is 1. The van der Waals surface area contributed by atoms with E-state index in [2.05, 4.69) is 15.4 Å². The van der Waals surface area contributed by atoms with E-state index in [0.29, 0.717) is 27.1 Å². The Balaban J connectivity index is 1.80. The number of hydrogen-bond donors (Lipinski definition) is 1. The molecule has 7 heteroatoms. The minimum atomic E-state index is -0.299. The van der Waals surface area contributed by atoms with Gasteiger partial charge in [0.25, 0.3) is 5.91 Å². The zero-order chi connectivity index (χ0) is 17.3. The zero-order valence-electron chi connectivity index (χ0n) is 13.0. The number of halogens is 2. The number of aryl methyl sites for hydroxylation is 2. The molecule has 0 aliphatic heterocycles. The fourth-order valence-electron chi connectivity index (χ4n) is 2.29. The third-order valence-electron chi connectivity index (χ3n) is 3.42. The summed E-state index contributed by atoms with van der Waals surface area (Å²) in [5.41, 5.74) is 2.80. The van der Waals surface area contributed by atoms with E-state index in [9.17, 15) is 4.79 Å². The molecule has 1 N–H and O–H groups in total. The van der Waals surface area contributed by atoms with E-state index in [-0.39, 0.29) is 5.91 Å². The molecule has 5 nitrogen and oxygen atoms in total. The summed E-state index contributed by atoms with van der Waals surface area (Å²) in [6.07, 6.45) is 1.50. The molecule has 1 aromatic carbocycles. The average Bonchev–Trinajstić information content (AvgIpc) is 2.88. The lowest BCUT2D eigenvalue weighted by molar-refractivity contribution is 0.102. The summed E-state index contributed by atoms with van der Waals surface area (Å²) in [4.78, 5) is 16.6. The largest absolute Gasteiger partial charge is 0.321 e. The maximum Gasteiger partial charge on any atom is 0.257 e. The van der Waals surface area contributed by atoms with Crippen molar-refractivity contribution in [3.63, 3.8) is 0 Å². The SMILES string of the molecule is Cc1cc(C)n(-c2ccc(C(=O)Nc3ccc(Cl)cc3Cl)cn2)n1. The van der Waals surface area contributed by atoms with E-state index in [1.807, 2.05) is 19.9 Å². The lowest BCUT2D eigenvalue weighted by atomic mass is 10.2. The maximum atomic E-state index is 12.3. The molecule has 0 saturated heterocycles. The van der Waals surface area contributed by atoms with Gasteiger partial charge in [0.2, 0.25) is 0 Å². The Kier molecular flexibility index (Phi) is 4.55. The van der Waals surface area contributed by atoms with Crippen LogP contribution < -0.4 is 5.32 Å². The number of nitrogens with zero attached hydrogens (tertiary/aromatic N) is 3. The number of anilines is 1. The van der Waals surface area contributed by atoms with Crippen LogP contribution in [0.2, 0.25) is 10.0 Å². The molecule has 0 radical (unpaired) electrons. The van der Waals surface area contributed by atoms with Gasteiger partial charge in [-0.15, -0.1) is 0 Å². The first kappa shape index (κ1) is 16.5. The first-order valence-corrected chi connectivity index (χ1v) is 7.96. The van der Waals surface area contributed by atoms with Crippen molar-refractivity contribution in [3.05, 3.63) is 69.6 Å². The van der Waals surface area contributed by atoms with E-state index in [0.717, 1.165) is 11.4 Å². The molecule has 122 valence electrons. The van der Waals surface area contributed by atoms with Gasteiger partial charge in [-0.25, -0.2) is 9.67 Å². The molecule has 0 spiro atoms. The van der Waals surface area contributed by atoms with E-state index in [1.165, 1.54) is 6.20 Å². The third kappa shape index (κ3) is 3.42. The Morgan fingerprint density at radius 1 is 1.12 bits per heavy atom. The molecule has 1 amide bonds. The van der Waals surface area contributed by atoms with Crippen molar-refractivity contribution in [1.29, 1.82) is 0 Å². The number of aromatic nitrogens is 3. The van der Waals surface area contributed by atoms with Crippen molar-refractivity contribution in [3.8, 4) is 5.82 Å². The molecule has 0 fully saturated rings. The lowest BCUT2D eigenvalue weighted by Gasteiger charge is -2.08. The molecule has 0 unspecified atom stereocenters. The van der Waals surface area contributed by atoms with Crippen LogP contribution in [-0.2, 0) is 0 Å². The molecule has 24 heavy (non-hydrogen) atoms. The van der Waals surface area contributed by atoms with Gasteiger partial charge in [-0.2, -0.15) is 5.10 Å². The molecule has 0 aliphatic carbocycles. The Hall–Kier alpha value is -2.37. The summed E-state index contributed by atoms with van der Waals surface area (Å²) in [5, 5.41) is 7.99. The number of carbonyl (C=O) groups excluding carboxylic acids is 1. The molecule has 2 aromatic heterocycles. The van der Waals surface area contributed by atoms with Crippen molar-refractivity contribution in [2.75, 3.05) is 5.32 Å². The minimum absolute atomic E-state index is 0.299. The molecule has 0 bridgehead atoms. The minimum Gasteiger partial charge on any atom is -0.321 e. The van der Waals surface area contributed by atoms with Gasteiger partial charge in [0.05, 0.1) is 22.0 Å². The van der Waals surface area contributed by atoms with Gasteiger partial charge in [0.1, 0.15) is 0 Å². The molecule has 0 atom stereocenters. The van der Waals surface area contributed by atoms with Crippen LogP contribution in [0.3, 0.4) is 0 Å². The van der Waals surface area contributed by atoms with Crippen LogP contribution in [0, 0.1) is 13.8 Å². The number of nitrogens with one attached hydrogen (secondary N) is 1. The summed E-state index contributed by atoms with van der Waals surface area (Å²) in [6, 6.07) is 10.3. The highest BCUT2D eigenvalue weighted by Gasteiger charge is 2.11. The molecular formula is C17H14Cl2N4O. The van der Waals surface area contributed by atoms with Crippen LogP contribution in [0.1, 0.15) is 21.7 Å². The van der Waals surface area contributed by atoms with Crippen molar-refractivity contribution >= 4 is 34.8 Å². The Labute approximate surface area is 149 Å². The number of hydrogen-bond acceptors (Lipinski definition) is 3. The molecule has 2 heterocycles. The second-order valence-corrected chi connectivity index (χ2v) is 6.17. The van der Waals surface area contributed by atoms with Gasteiger partial charge in [0, 0.05) is 16.9 Å². The fraction of sp³-hybridized carbons (Fsp3) is 0.118. The topological polar surface area (TPSA) is 59.8 Å². The summed E-state index contributed by atoms with van der Waals surface area (Å²) in [7, 11) is 0. The highest BCUT2D eigenvalue weighted by atomic mass is 35.5. The van der Waals surface area contributed by atoms with Gasteiger partial charge in [-0.1, -0.05) is 23.2 Å². The van der Waals surface area contributed by atoms with Crippen LogP contribution in [0.15, 0.2) is 42.6 Å². The van der Waals surface area contributed by atoms with Crippen LogP contribution >= 0.6 is 23.2 Å². The van der Waals surface area contributed by atoms with Crippen molar-refractivity contribution in [2.24, 2.45) is 0 Å². The fourth-order valence-corrected chi connectivity index (χ4v) is 2.75. The van der Waals surface area contributed by atoms with Gasteiger partial charge in [0.15, 0.2) is 5.82 Å². The van der Waals surface area contributed by atoms with Gasteiger partial charge < -0.3 is 5.32 Å². The van der Waals surface area contributed by atoms with E-state index in [4.69, 9.17) is 23.2 Å². The average molecular weight is 361 g/mol. The number of rotatable bonds is 3. The second-order valence-electron chi connectivity index (χ2n) is 5.32. The zero-order valence-corrected chi connectivity index (χ0v) is 14.6. The number of benzene rings is 1. The van der Waals surface area contributed by atoms with Crippen LogP contribution in [-0.4, -0.2) is 20.7 Å². The summed E-state index contributed by atoms with van der Waals surface area (Å²) in [5.74, 6) is 0.355. The van der Waals surface area contributed by atoms with E-state index < -0.39 is 0 Å². The summed E-state index contributed by atoms with van der Waals surface area (Å²) in [6.45, 7) is 3.87. The van der Waals surface area contributed by atoms with E-state index in [1.54, 1.807) is 35.0 Å². The summed E-state index contributed by atoms with van der Waals surface area (Å²) < 4.78 is 1.73. The highest BCUT2D eigenvalue weighted by molar-refractivity contribution is 6.36. The predicted octanol–water partition coefficient (Wildman–Crippen LogP) is 4.44. The van der Waals surface area contributed by atoms with E-state index >= 15 is 0 Å². The number of pyridine rings is 1.